The van der Waals surface area contributed by atoms with Crippen LogP contribution in [0, 0.1) is 11.6 Å². The molecule has 9 heteroatoms. The topological polar surface area (TPSA) is 51.2 Å². The second-order valence-corrected chi connectivity index (χ2v) is 6.58. The van der Waals surface area contributed by atoms with Crippen LogP contribution in [0.1, 0.15) is 41.6 Å². The smallest absolute Gasteiger partial charge is 0.417 e. The Bertz CT molecular complexity index is 831. The standard InChI is InChI=1S/C19H17F5N2O2/c20-15-7-1-11(9-16(15)21)18(27)26-13-3-5-14(6-4-13)28-17-8-2-12(10-25-17)19(22,23)24/h1-2,7-10,13-14H,3-6H2,(H,26,27). The molecule has 1 aliphatic rings. The molecule has 1 N–H and O–H groups in total. The van der Waals surface area contributed by atoms with Gasteiger partial charge in [0.2, 0.25) is 5.88 Å². The van der Waals surface area contributed by atoms with E-state index < -0.39 is 29.3 Å². The van der Waals surface area contributed by atoms with Gasteiger partial charge in [-0.25, -0.2) is 13.8 Å². The van der Waals surface area contributed by atoms with Crippen molar-refractivity contribution in [1.82, 2.24) is 10.3 Å². The summed E-state index contributed by atoms with van der Waals surface area (Å²) in [5.41, 5.74) is -0.810. The molecule has 1 saturated carbocycles. The van der Waals surface area contributed by atoms with Crippen molar-refractivity contribution in [1.29, 1.82) is 0 Å². The van der Waals surface area contributed by atoms with Gasteiger partial charge in [0.15, 0.2) is 11.6 Å². The molecule has 1 fully saturated rings. The largest absolute Gasteiger partial charge is 0.474 e. The molecule has 28 heavy (non-hydrogen) atoms. The van der Waals surface area contributed by atoms with E-state index in [1.807, 2.05) is 0 Å². The first kappa shape index (κ1) is 20.0. The van der Waals surface area contributed by atoms with Crippen LogP contribution in [0.4, 0.5) is 22.0 Å². The van der Waals surface area contributed by atoms with E-state index in [1.165, 1.54) is 12.1 Å². The van der Waals surface area contributed by atoms with Crippen molar-refractivity contribution in [3.05, 3.63) is 59.3 Å². The summed E-state index contributed by atoms with van der Waals surface area (Å²) in [6.45, 7) is 0. The van der Waals surface area contributed by atoms with E-state index in [0.717, 1.165) is 24.4 Å². The minimum absolute atomic E-state index is 0.0335. The Morgan fingerprint density at radius 3 is 2.32 bits per heavy atom. The number of amides is 1. The quantitative estimate of drug-likeness (QED) is 0.769. The summed E-state index contributed by atoms with van der Waals surface area (Å²) in [6, 6.07) is 4.89. The van der Waals surface area contributed by atoms with Crippen LogP contribution in [-0.4, -0.2) is 23.0 Å². The number of aromatic nitrogens is 1. The van der Waals surface area contributed by atoms with E-state index in [0.29, 0.717) is 25.7 Å². The Kier molecular flexibility index (Phi) is 5.81. The van der Waals surface area contributed by atoms with Gasteiger partial charge >= 0.3 is 6.18 Å². The van der Waals surface area contributed by atoms with Crippen molar-refractivity contribution in [3.63, 3.8) is 0 Å². The summed E-state index contributed by atoms with van der Waals surface area (Å²) >= 11 is 0. The third kappa shape index (κ3) is 4.96. The fourth-order valence-electron chi connectivity index (χ4n) is 3.02. The Morgan fingerprint density at radius 1 is 1.04 bits per heavy atom. The number of carbonyl (C=O) groups is 1. The highest BCUT2D eigenvalue weighted by Crippen LogP contribution is 2.30. The minimum Gasteiger partial charge on any atom is -0.474 e. The van der Waals surface area contributed by atoms with Crippen molar-refractivity contribution in [2.75, 3.05) is 0 Å². The first-order valence-electron chi connectivity index (χ1n) is 8.68. The molecule has 0 radical (unpaired) electrons. The monoisotopic (exact) mass is 400 g/mol. The predicted molar refractivity (Wildman–Crippen MR) is 89.7 cm³/mol. The van der Waals surface area contributed by atoms with Crippen LogP contribution in [0.15, 0.2) is 36.5 Å². The SMILES string of the molecule is O=C(NC1CCC(Oc2ccc(C(F)(F)F)cn2)CC1)c1ccc(F)c(F)c1. The van der Waals surface area contributed by atoms with Gasteiger partial charge in [-0.1, -0.05) is 0 Å². The molecule has 1 amide bonds. The van der Waals surface area contributed by atoms with Gasteiger partial charge in [-0.2, -0.15) is 13.2 Å². The minimum atomic E-state index is -4.45. The summed E-state index contributed by atoms with van der Waals surface area (Å²) in [5, 5.41) is 2.77. The fourth-order valence-corrected chi connectivity index (χ4v) is 3.02. The van der Waals surface area contributed by atoms with Gasteiger partial charge in [0, 0.05) is 23.9 Å². The molecule has 0 atom stereocenters. The molecular formula is C19H17F5N2O2. The lowest BCUT2D eigenvalue weighted by molar-refractivity contribution is -0.137. The number of nitrogens with zero attached hydrogens (tertiary/aromatic N) is 1. The summed E-state index contributed by atoms with van der Waals surface area (Å²) in [6.07, 6.45) is -1.63. The lowest BCUT2D eigenvalue weighted by Crippen LogP contribution is -2.39. The Morgan fingerprint density at radius 2 is 1.75 bits per heavy atom. The summed E-state index contributed by atoms with van der Waals surface area (Å²) in [5.74, 6) is -2.49. The average molecular weight is 400 g/mol. The zero-order chi connectivity index (χ0) is 20.3. The van der Waals surface area contributed by atoms with Crippen LogP contribution >= 0.6 is 0 Å². The van der Waals surface area contributed by atoms with Crippen molar-refractivity contribution in [2.45, 2.75) is 44.0 Å². The van der Waals surface area contributed by atoms with E-state index in [1.54, 1.807) is 0 Å². The summed E-state index contributed by atoms with van der Waals surface area (Å²) in [4.78, 5) is 15.8. The average Bonchev–Trinajstić information content (AvgIpc) is 2.65. The second-order valence-electron chi connectivity index (χ2n) is 6.58. The number of hydrogen-bond donors (Lipinski definition) is 1. The number of ether oxygens (including phenoxy) is 1. The van der Waals surface area contributed by atoms with E-state index in [9.17, 15) is 26.7 Å². The van der Waals surface area contributed by atoms with Gasteiger partial charge in [0.1, 0.15) is 6.10 Å². The Labute approximate surface area is 157 Å². The van der Waals surface area contributed by atoms with Crippen molar-refractivity contribution in [2.24, 2.45) is 0 Å². The molecule has 0 aliphatic heterocycles. The van der Waals surface area contributed by atoms with Gasteiger partial charge in [-0.05, 0) is 49.9 Å². The van der Waals surface area contributed by atoms with E-state index in [4.69, 9.17) is 4.74 Å². The maximum Gasteiger partial charge on any atom is 0.417 e. The molecule has 1 aromatic heterocycles. The van der Waals surface area contributed by atoms with E-state index in [-0.39, 0.29) is 23.6 Å². The van der Waals surface area contributed by atoms with E-state index in [2.05, 4.69) is 10.3 Å². The van der Waals surface area contributed by atoms with Gasteiger partial charge < -0.3 is 10.1 Å². The zero-order valence-electron chi connectivity index (χ0n) is 14.6. The van der Waals surface area contributed by atoms with Crippen LogP contribution < -0.4 is 10.1 Å². The predicted octanol–water partition coefficient (Wildman–Crippen LogP) is 4.50. The molecule has 3 rings (SSSR count). The summed E-state index contributed by atoms with van der Waals surface area (Å²) in [7, 11) is 0. The van der Waals surface area contributed by atoms with Crippen molar-refractivity contribution >= 4 is 5.91 Å². The number of halogens is 5. The lowest BCUT2D eigenvalue weighted by atomic mass is 9.92. The molecule has 1 heterocycles. The van der Waals surface area contributed by atoms with Crippen LogP contribution in [-0.2, 0) is 6.18 Å². The maximum absolute atomic E-state index is 13.2. The molecule has 0 unspecified atom stereocenters. The molecule has 1 aliphatic carbocycles. The highest BCUT2D eigenvalue weighted by atomic mass is 19.4. The van der Waals surface area contributed by atoms with Crippen molar-refractivity contribution in [3.8, 4) is 5.88 Å². The highest BCUT2D eigenvalue weighted by Gasteiger charge is 2.31. The van der Waals surface area contributed by atoms with Crippen LogP contribution in [0.3, 0.4) is 0 Å². The number of hydrogen-bond acceptors (Lipinski definition) is 3. The summed E-state index contributed by atoms with van der Waals surface area (Å²) < 4.78 is 69.4. The van der Waals surface area contributed by atoms with Gasteiger partial charge in [0.05, 0.1) is 5.56 Å². The third-order valence-corrected chi connectivity index (χ3v) is 4.54. The molecule has 0 spiro atoms. The highest BCUT2D eigenvalue weighted by molar-refractivity contribution is 5.94. The van der Waals surface area contributed by atoms with Crippen molar-refractivity contribution < 1.29 is 31.5 Å². The van der Waals surface area contributed by atoms with Gasteiger partial charge in [-0.3, -0.25) is 4.79 Å². The number of pyridine rings is 1. The molecule has 4 nitrogen and oxygen atoms in total. The van der Waals surface area contributed by atoms with Crippen LogP contribution in [0.25, 0.3) is 0 Å². The molecule has 0 saturated heterocycles. The second kappa shape index (κ2) is 8.12. The normalized spacial score (nSPS) is 19.9. The van der Waals surface area contributed by atoms with Crippen LogP contribution in [0.2, 0.25) is 0 Å². The van der Waals surface area contributed by atoms with E-state index >= 15 is 0 Å². The van der Waals surface area contributed by atoms with Gasteiger partial charge in [0.25, 0.3) is 5.91 Å². The number of benzene rings is 1. The molecule has 2 aromatic rings. The maximum atomic E-state index is 13.2. The lowest BCUT2D eigenvalue weighted by Gasteiger charge is -2.29. The number of nitrogens with one attached hydrogen (secondary N) is 1. The van der Waals surface area contributed by atoms with Gasteiger partial charge in [-0.15, -0.1) is 0 Å². The Balaban J connectivity index is 1.49. The number of carbonyl (C=O) groups excluding carboxylic acids is 1. The molecule has 0 bridgehead atoms. The van der Waals surface area contributed by atoms with Crippen LogP contribution in [0.5, 0.6) is 5.88 Å². The molecule has 1 aromatic carbocycles. The number of rotatable bonds is 4. The third-order valence-electron chi connectivity index (χ3n) is 4.54. The number of alkyl halides is 3. The Hall–Kier alpha value is -2.71. The fraction of sp³-hybridized carbons (Fsp3) is 0.368. The molecule has 150 valence electrons. The first-order chi connectivity index (χ1) is 13.2. The first-order valence-corrected chi connectivity index (χ1v) is 8.68. The zero-order valence-corrected chi connectivity index (χ0v) is 14.6. The molecular weight excluding hydrogens is 383 g/mol.